The van der Waals surface area contributed by atoms with E-state index in [0.29, 0.717) is 6.54 Å². The van der Waals surface area contributed by atoms with E-state index in [2.05, 4.69) is 20.6 Å². The van der Waals surface area contributed by atoms with E-state index in [9.17, 15) is 4.79 Å². The van der Waals surface area contributed by atoms with Gasteiger partial charge < -0.3 is 15.4 Å². The summed E-state index contributed by atoms with van der Waals surface area (Å²) in [4.78, 5) is 20.2. The number of carbonyl (C=O) groups is 1. The number of amides is 2. The van der Waals surface area contributed by atoms with Crippen LogP contribution in [0.3, 0.4) is 0 Å². The topological polar surface area (TPSA) is 76.1 Å². The Hall–Kier alpha value is -2.63. The van der Waals surface area contributed by atoms with Crippen LogP contribution in [-0.4, -0.2) is 22.1 Å². The van der Waals surface area contributed by atoms with Crippen LogP contribution in [0.25, 0.3) is 0 Å². The average molecular weight is 298 g/mol. The quantitative estimate of drug-likeness (QED) is 0.912. The maximum atomic E-state index is 11.9. The largest absolute Gasteiger partial charge is 0.490 e. The molecule has 0 fully saturated rings. The van der Waals surface area contributed by atoms with Gasteiger partial charge in [-0.25, -0.2) is 4.79 Å². The van der Waals surface area contributed by atoms with Crippen LogP contribution in [0.15, 0.2) is 30.6 Å². The summed E-state index contributed by atoms with van der Waals surface area (Å²) in [7, 11) is 0. The molecule has 2 amide bonds. The number of rotatable bonds is 3. The molecule has 2 heterocycles. The first-order chi connectivity index (χ1) is 10.6. The van der Waals surface area contributed by atoms with Crippen molar-refractivity contribution in [3.05, 3.63) is 47.5 Å². The van der Waals surface area contributed by atoms with Crippen LogP contribution in [0.4, 0.5) is 10.5 Å². The van der Waals surface area contributed by atoms with Crippen LogP contribution in [-0.2, 0) is 13.0 Å². The number of carbonyl (C=O) groups excluding carboxylic acids is 1. The van der Waals surface area contributed by atoms with Crippen molar-refractivity contribution in [1.29, 1.82) is 0 Å². The minimum atomic E-state index is -0.269. The van der Waals surface area contributed by atoms with E-state index in [-0.39, 0.29) is 12.1 Å². The maximum Gasteiger partial charge on any atom is 0.319 e. The Morgan fingerprint density at radius 1 is 1.36 bits per heavy atom. The number of aromatic nitrogens is 2. The molecule has 1 aliphatic heterocycles. The van der Waals surface area contributed by atoms with E-state index >= 15 is 0 Å². The van der Waals surface area contributed by atoms with Gasteiger partial charge in [0.15, 0.2) is 0 Å². The second kappa shape index (κ2) is 6.01. The molecule has 0 spiro atoms. The summed E-state index contributed by atoms with van der Waals surface area (Å²) in [6, 6.07) is 5.40. The van der Waals surface area contributed by atoms with Gasteiger partial charge in [-0.1, -0.05) is 0 Å². The summed E-state index contributed by atoms with van der Waals surface area (Å²) in [6.45, 7) is 4.24. The second-order valence-corrected chi connectivity index (χ2v) is 5.41. The first kappa shape index (κ1) is 14.3. The third-order valence-corrected chi connectivity index (χ3v) is 3.42. The molecule has 2 aromatic rings. The van der Waals surface area contributed by atoms with Crippen molar-refractivity contribution in [2.75, 3.05) is 5.32 Å². The van der Waals surface area contributed by atoms with E-state index in [1.54, 1.807) is 12.4 Å². The van der Waals surface area contributed by atoms with Crippen molar-refractivity contribution in [3.8, 4) is 5.75 Å². The van der Waals surface area contributed by atoms with Gasteiger partial charge in [-0.2, -0.15) is 0 Å². The van der Waals surface area contributed by atoms with Crippen molar-refractivity contribution in [2.24, 2.45) is 0 Å². The second-order valence-electron chi connectivity index (χ2n) is 5.41. The monoisotopic (exact) mass is 298 g/mol. The van der Waals surface area contributed by atoms with E-state index < -0.39 is 0 Å². The number of ether oxygens (including phenoxy) is 1. The molecule has 1 unspecified atom stereocenters. The lowest BCUT2D eigenvalue weighted by Crippen LogP contribution is -2.28. The molecule has 1 atom stereocenters. The molecular weight excluding hydrogens is 280 g/mol. The zero-order chi connectivity index (χ0) is 15.5. The number of urea groups is 1. The van der Waals surface area contributed by atoms with Gasteiger partial charge in [0.05, 0.1) is 24.1 Å². The molecule has 1 aromatic carbocycles. The molecule has 6 heteroatoms. The zero-order valence-electron chi connectivity index (χ0n) is 12.6. The number of nitrogens with zero attached hydrogens (tertiary/aromatic N) is 2. The van der Waals surface area contributed by atoms with Crippen molar-refractivity contribution < 1.29 is 9.53 Å². The molecule has 0 saturated heterocycles. The minimum absolute atomic E-state index is 0.194. The molecule has 0 radical (unpaired) electrons. The molecule has 3 rings (SSSR count). The summed E-state index contributed by atoms with van der Waals surface area (Å²) in [5.41, 5.74) is 3.44. The molecule has 114 valence electrons. The first-order valence-corrected chi connectivity index (χ1v) is 7.22. The summed E-state index contributed by atoms with van der Waals surface area (Å²) >= 11 is 0. The lowest BCUT2D eigenvalue weighted by molar-refractivity contribution is 0.251. The van der Waals surface area contributed by atoms with E-state index in [4.69, 9.17) is 4.74 Å². The lowest BCUT2D eigenvalue weighted by atomic mass is 10.1. The normalized spacial score (nSPS) is 15.8. The van der Waals surface area contributed by atoms with Gasteiger partial charge in [0.25, 0.3) is 0 Å². The highest BCUT2D eigenvalue weighted by molar-refractivity contribution is 5.89. The smallest absolute Gasteiger partial charge is 0.319 e. The minimum Gasteiger partial charge on any atom is -0.490 e. The van der Waals surface area contributed by atoms with Crippen LogP contribution < -0.4 is 15.4 Å². The lowest BCUT2D eigenvalue weighted by Gasteiger charge is -2.08. The molecule has 0 aliphatic carbocycles. The fourth-order valence-electron chi connectivity index (χ4n) is 2.36. The molecule has 22 heavy (non-hydrogen) atoms. The maximum absolute atomic E-state index is 11.9. The number of anilines is 1. The standard InChI is InChI=1S/C16H18N4O2/c1-10-7-18-14(8-17-10)9-19-16(21)20-13-3-4-15-12(6-13)5-11(2)22-15/h3-4,6-8,11H,5,9H2,1-2H3,(H2,19,20,21). The van der Waals surface area contributed by atoms with Crippen LogP contribution in [0, 0.1) is 6.92 Å². The number of hydrogen-bond donors (Lipinski definition) is 2. The predicted molar refractivity (Wildman–Crippen MR) is 82.9 cm³/mol. The molecule has 1 aromatic heterocycles. The first-order valence-electron chi connectivity index (χ1n) is 7.22. The summed E-state index contributed by atoms with van der Waals surface area (Å²) < 4.78 is 5.64. The average Bonchev–Trinajstić information content (AvgIpc) is 2.86. The van der Waals surface area contributed by atoms with Crippen molar-refractivity contribution in [3.63, 3.8) is 0 Å². The third kappa shape index (κ3) is 3.33. The highest BCUT2D eigenvalue weighted by Crippen LogP contribution is 2.30. The third-order valence-electron chi connectivity index (χ3n) is 3.42. The highest BCUT2D eigenvalue weighted by Gasteiger charge is 2.19. The molecule has 2 N–H and O–H groups in total. The predicted octanol–water partition coefficient (Wildman–Crippen LogP) is 2.43. The number of benzene rings is 1. The van der Waals surface area contributed by atoms with Crippen LogP contribution in [0.1, 0.15) is 23.9 Å². The van der Waals surface area contributed by atoms with Crippen molar-refractivity contribution >= 4 is 11.7 Å². The van der Waals surface area contributed by atoms with E-state index in [1.165, 1.54) is 0 Å². The van der Waals surface area contributed by atoms with Gasteiger partial charge in [-0.15, -0.1) is 0 Å². The van der Waals surface area contributed by atoms with Crippen LogP contribution in [0.2, 0.25) is 0 Å². The Kier molecular flexibility index (Phi) is 3.91. The summed E-state index contributed by atoms with van der Waals surface area (Å²) in [5, 5.41) is 5.57. The summed E-state index contributed by atoms with van der Waals surface area (Å²) in [5.74, 6) is 0.897. The van der Waals surface area contributed by atoms with Gasteiger partial charge in [0.2, 0.25) is 0 Å². The number of hydrogen-bond acceptors (Lipinski definition) is 4. The van der Waals surface area contributed by atoms with Gasteiger partial charge in [0, 0.05) is 18.3 Å². The van der Waals surface area contributed by atoms with Crippen LogP contribution in [0.5, 0.6) is 5.75 Å². The fourth-order valence-corrected chi connectivity index (χ4v) is 2.36. The Labute approximate surface area is 128 Å². The van der Waals surface area contributed by atoms with Crippen molar-refractivity contribution in [2.45, 2.75) is 32.9 Å². The SMILES string of the molecule is Cc1cnc(CNC(=O)Nc2ccc3c(c2)CC(C)O3)cn1. The molecule has 0 saturated carbocycles. The Balaban J connectivity index is 1.56. The van der Waals surface area contributed by atoms with Crippen molar-refractivity contribution in [1.82, 2.24) is 15.3 Å². The van der Waals surface area contributed by atoms with E-state index in [1.807, 2.05) is 32.0 Å². The molecule has 0 bridgehead atoms. The van der Waals surface area contributed by atoms with Gasteiger partial charge in [-0.3, -0.25) is 9.97 Å². The van der Waals surface area contributed by atoms with E-state index in [0.717, 1.165) is 34.8 Å². The Morgan fingerprint density at radius 3 is 3.00 bits per heavy atom. The number of fused-ring (bicyclic) bond motifs is 1. The Bertz CT molecular complexity index is 685. The van der Waals surface area contributed by atoms with Gasteiger partial charge >= 0.3 is 6.03 Å². The molecule has 1 aliphatic rings. The zero-order valence-corrected chi connectivity index (χ0v) is 12.6. The van der Waals surface area contributed by atoms with Gasteiger partial charge in [0.1, 0.15) is 11.9 Å². The number of aryl methyl sites for hydroxylation is 1. The van der Waals surface area contributed by atoms with Crippen LogP contribution >= 0.6 is 0 Å². The molecular formula is C16H18N4O2. The molecule has 6 nitrogen and oxygen atoms in total. The highest BCUT2D eigenvalue weighted by atomic mass is 16.5. The number of nitrogens with one attached hydrogen (secondary N) is 2. The van der Waals surface area contributed by atoms with Gasteiger partial charge in [-0.05, 0) is 37.6 Å². The Morgan fingerprint density at radius 2 is 2.23 bits per heavy atom. The summed E-state index contributed by atoms with van der Waals surface area (Å²) in [6.07, 6.45) is 4.39. The fraction of sp³-hybridized carbons (Fsp3) is 0.312.